The minimum Gasteiger partial charge on any atom is -0.326 e. The van der Waals surface area contributed by atoms with Crippen molar-refractivity contribution in [3.63, 3.8) is 0 Å². The number of rotatable bonds is 4. The van der Waals surface area contributed by atoms with E-state index < -0.39 is 0 Å². The van der Waals surface area contributed by atoms with Crippen molar-refractivity contribution in [2.24, 2.45) is 12.8 Å². The van der Waals surface area contributed by atoms with E-state index in [0.29, 0.717) is 6.54 Å². The van der Waals surface area contributed by atoms with E-state index in [9.17, 15) is 0 Å². The summed E-state index contributed by atoms with van der Waals surface area (Å²) in [5, 5.41) is 11.8. The summed E-state index contributed by atoms with van der Waals surface area (Å²) in [6, 6.07) is 8.19. The maximum Gasteiger partial charge on any atom is 0.184 e. The number of nitrogens with zero attached hydrogens (tertiary/aromatic N) is 4. The third-order valence-corrected chi connectivity index (χ3v) is 3.08. The summed E-state index contributed by atoms with van der Waals surface area (Å²) in [7, 11) is 1.76. The summed E-state index contributed by atoms with van der Waals surface area (Å²) in [6.07, 6.45) is 0. The number of nitrogens with two attached hydrogens (primary N) is 1. The molecule has 0 radical (unpaired) electrons. The highest BCUT2D eigenvalue weighted by atomic mass is 32.2. The van der Waals surface area contributed by atoms with Crippen LogP contribution in [0.15, 0.2) is 29.2 Å². The van der Waals surface area contributed by atoms with Gasteiger partial charge in [-0.15, -0.1) is 22.0 Å². The largest absolute Gasteiger partial charge is 0.326 e. The Kier molecular flexibility index (Phi) is 3.53. The van der Waals surface area contributed by atoms with Crippen LogP contribution in [0.1, 0.15) is 11.4 Å². The lowest BCUT2D eigenvalue weighted by Crippen LogP contribution is -1.95. The minimum absolute atomic E-state index is 0.580. The molecule has 16 heavy (non-hydrogen) atoms. The van der Waals surface area contributed by atoms with Crippen molar-refractivity contribution in [2.45, 2.75) is 17.2 Å². The first-order valence-electron chi connectivity index (χ1n) is 4.92. The smallest absolute Gasteiger partial charge is 0.184 e. The molecule has 0 saturated heterocycles. The van der Waals surface area contributed by atoms with Gasteiger partial charge in [-0.2, -0.15) is 4.80 Å². The third kappa shape index (κ3) is 2.80. The molecule has 0 bridgehead atoms. The predicted octanol–water partition coefficient (Wildman–Crippen LogP) is 0.961. The molecule has 1 heterocycles. The number of benzene rings is 1. The van der Waals surface area contributed by atoms with E-state index in [2.05, 4.69) is 27.5 Å². The molecule has 0 aliphatic carbocycles. The van der Waals surface area contributed by atoms with Gasteiger partial charge < -0.3 is 5.73 Å². The van der Waals surface area contributed by atoms with E-state index in [4.69, 9.17) is 5.73 Å². The molecule has 0 saturated carbocycles. The predicted molar refractivity (Wildman–Crippen MR) is 62.7 cm³/mol. The number of hydrogen-bond acceptors (Lipinski definition) is 5. The average Bonchev–Trinajstić information content (AvgIpc) is 2.73. The van der Waals surface area contributed by atoms with E-state index in [1.54, 1.807) is 18.8 Å². The van der Waals surface area contributed by atoms with Crippen molar-refractivity contribution < 1.29 is 0 Å². The quantitative estimate of drug-likeness (QED) is 0.799. The Morgan fingerprint density at radius 1 is 1.31 bits per heavy atom. The van der Waals surface area contributed by atoms with Gasteiger partial charge in [0.25, 0.3) is 0 Å². The third-order valence-electron chi connectivity index (χ3n) is 2.08. The van der Waals surface area contributed by atoms with Gasteiger partial charge in [0.1, 0.15) is 0 Å². The summed E-state index contributed by atoms with van der Waals surface area (Å²) < 4.78 is 0. The summed E-state index contributed by atoms with van der Waals surface area (Å²) in [5.74, 6) is 1.48. The van der Waals surface area contributed by atoms with Crippen molar-refractivity contribution in [3.8, 4) is 0 Å². The molecule has 2 rings (SSSR count). The zero-order chi connectivity index (χ0) is 11.4. The Morgan fingerprint density at radius 3 is 2.62 bits per heavy atom. The number of aromatic nitrogens is 4. The highest BCUT2D eigenvalue weighted by Crippen LogP contribution is 2.21. The Balaban J connectivity index is 1.94. The van der Waals surface area contributed by atoms with Crippen LogP contribution in [0.2, 0.25) is 0 Å². The number of tetrazole rings is 1. The standard InChI is InChI=1S/C10H13N5S/c1-15-13-10(12-14-15)7-16-9-4-2-8(6-11)3-5-9/h2-5H,6-7,11H2,1H3. The van der Waals surface area contributed by atoms with E-state index in [0.717, 1.165) is 17.1 Å². The monoisotopic (exact) mass is 235 g/mol. The molecule has 1 aromatic heterocycles. The van der Waals surface area contributed by atoms with E-state index in [-0.39, 0.29) is 0 Å². The van der Waals surface area contributed by atoms with Crippen molar-refractivity contribution >= 4 is 11.8 Å². The average molecular weight is 235 g/mol. The van der Waals surface area contributed by atoms with Crippen molar-refractivity contribution in [1.29, 1.82) is 0 Å². The molecule has 0 unspecified atom stereocenters. The number of thioether (sulfide) groups is 1. The summed E-state index contributed by atoms with van der Waals surface area (Å²) >= 11 is 1.69. The molecule has 0 aliphatic rings. The fourth-order valence-electron chi connectivity index (χ4n) is 1.25. The summed E-state index contributed by atoms with van der Waals surface area (Å²) in [6.45, 7) is 0.580. The SMILES string of the molecule is Cn1nnc(CSc2ccc(CN)cc2)n1. The van der Waals surface area contributed by atoms with E-state index >= 15 is 0 Å². The molecule has 2 N–H and O–H groups in total. The normalized spacial score (nSPS) is 10.6. The first-order valence-corrected chi connectivity index (χ1v) is 5.91. The fourth-order valence-corrected chi connectivity index (χ4v) is 1.99. The minimum atomic E-state index is 0.580. The summed E-state index contributed by atoms with van der Waals surface area (Å²) in [4.78, 5) is 2.65. The number of hydrogen-bond donors (Lipinski definition) is 1. The lowest BCUT2D eigenvalue weighted by Gasteiger charge is -2.00. The molecular weight excluding hydrogens is 222 g/mol. The van der Waals surface area contributed by atoms with Gasteiger partial charge in [0.05, 0.1) is 12.8 Å². The molecule has 1 aromatic carbocycles. The Hall–Kier alpha value is -1.40. The molecule has 0 atom stereocenters. The maximum atomic E-state index is 5.53. The van der Waals surface area contributed by atoms with Crippen LogP contribution >= 0.6 is 11.8 Å². The van der Waals surface area contributed by atoms with Gasteiger partial charge in [-0.25, -0.2) is 0 Å². The Bertz CT molecular complexity index is 450. The van der Waals surface area contributed by atoms with Gasteiger partial charge in [-0.05, 0) is 22.9 Å². The zero-order valence-corrected chi connectivity index (χ0v) is 9.81. The van der Waals surface area contributed by atoms with Crippen LogP contribution in [0.25, 0.3) is 0 Å². The second-order valence-electron chi connectivity index (χ2n) is 3.33. The van der Waals surface area contributed by atoms with Crippen molar-refractivity contribution in [3.05, 3.63) is 35.7 Å². The molecule has 5 nitrogen and oxygen atoms in total. The van der Waals surface area contributed by atoms with E-state index in [1.807, 2.05) is 12.1 Å². The molecular formula is C10H13N5S. The van der Waals surface area contributed by atoms with Crippen LogP contribution in [0.4, 0.5) is 0 Å². The van der Waals surface area contributed by atoms with Crippen LogP contribution in [-0.2, 0) is 19.3 Å². The van der Waals surface area contributed by atoms with Crippen LogP contribution < -0.4 is 5.73 Å². The zero-order valence-electron chi connectivity index (χ0n) is 9.00. The maximum absolute atomic E-state index is 5.53. The topological polar surface area (TPSA) is 69.6 Å². The number of aryl methyl sites for hydroxylation is 1. The Morgan fingerprint density at radius 2 is 2.06 bits per heavy atom. The first kappa shape index (κ1) is 11.1. The first-order chi connectivity index (χ1) is 7.78. The van der Waals surface area contributed by atoms with Gasteiger partial charge in [0, 0.05) is 11.4 Å². The van der Waals surface area contributed by atoms with Gasteiger partial charge in [-0.3, -0.25) is 0 Å². The van der Waals surface area contributed by atoms with Crippen LogP contribution in [0, 0.1) is 0 Å². The van der Waals surface area contributed by atoms with Gasteiger partial charge in [-0.1, -0.05) is 12.1 Å². The molecule has 0 spiro atoms. The molecule has 0 fully saturated rings. The summed E-state index contributed by atoms with van der Waals surface area (Å²) in [5.41, 5.74) is 6.67. The highest BCUT2D eigenvalue weighted by molar-refractivity contribution is 7.98. The van der Waals surface area contributed by atoms with Gasteiger partial charge >= 0.3 is 0 Å². The van der Waals surface area contributed by atoms with Crippen molar-refractivity contribution in [1.82, 2.24) is 20.2 Å². The Labute approximate surface area is 98.0 Å². The fraction of sp³-hybridized carbons (Fsp3) is 0.300. The molecule has 0 aliphatic heterocycles. The molecule has 6 heteroatoms. The van der Waals surface area contributed by atoms with Crippen LogP contribution in [0.5, 0.6) is 0 Å². The van der Waals surface area contributed by atoms with E-state index in [1.165, 1.54) is 9.69 Å². The lowest BCUT2D eigenvalue weighted by atomic mass is 10.2. The van der Waals surface area contributed by atoms with Gasteiger partial charge in [0.2, 0.25) is 0 Å². The van der Waals surface area contributed by atoms with Crippen LogP contribution in [0.3, 0.4) is 0 Å². The molecule has 2 aromatic rings. The second kappa shape index (κ2) is 5.09. The van der Waals surface area contributed by atoms with Crippen molar-refractivity contribution in [2.75, 3.05) is 0 Å². The lowest BCUT2D eigenvalue weighted by molar-refractivity contribution is 0.628. The molecule has 84 valence electrons. The molecule has 0 amide bonds. The van der Waals surface area contributed by atoms with Gasteiger partial charge in [0.15, 0.2) is 5.82 Å². The second-order valence-corrected chi connectivity index (χ2v) is 4.38. The van der Waals surface area contributed by atoms with Crippen LogP contribution in [-0.4, -0.2) is 20.2 Å². The highest BCUT2D eigenvalue weighted by Gasteiger charge is 2.01.